The van der Waals surface area contributed by atoms with Crippen LogP contribution in [-0.2, 0) is 9.47 Å². The molecule has 0 amide bonds. The van der Waals surface area contributed by atoms with Gasteiger partial charge in [0.1, 0.15) is 0 Å². The maximum absolute atomic E-state index is 9.34. The lowest BCUT2D eigenvalue weighted by molar-refractivity contribution is -0.223. The molecule has 0 radical (unpaired) electrons. The Morgan fingerprint density at radius 2 is 1.36 bits per heavy atom. The Morgan fingerprint density at radius 1 is 0.880 bits per heavy atom. The van der Waals surface area contributed by atoms with Crippen LogP contribution in [0.1, 0.15) is 78.6 Å². The summed E-state index contributed by atoms with van der Waals surface area (Å²) in [6, 6.07) is 0. The maximum Gasteiger partial charge on any atom is 0.155 e. The number of aliphatic hydroxyl groups is 2. The highest BCUT2D eigenvalue weighted by molar-refractivity contribution is 4.87. The summed E-state index contributed by atoms with van der Waals surface area (Å²) in [6.07, 6.45) is 9.92. The van der Waals surface area contributed by atoms with Crippen molar-refractivity contribution in [3.05, 3.63) is 0 Å². The van der Waals surface area contributed by atoms with Crippen LogP contribution in [0.4, 0.5) is 0 Å². The molecule has 2 saturated carbocycles. The zero-order valence-corrected chi connectivity index (χ0v) is 16.6. The lowest BCUT2D eigenvalue weighted by Gasteiger charge is -2.42. The van der Waals surface area contributed by atoms with Gasteiger partial charge < -0.3 is 19.7 Å². The molecule has 2 fully saturated rings. The van der Waals surface area contributed by atoms with Crippen LogP contribution in [0.3, 0.4) is 0 Å². The van der Waals surface area contributed by atoms with Crippen molar-refractivity contribution in [2.75, 3.05) is 19.8 Å². The first-order chi connectivity index (χ1) is 12.0. The van der Waals surface area contributed by atoms with Crippen LogP contribution in [-0.4, -0.2) is 41.9 Å². The van der Waals surface area contributed by atoms with Crippen molar-refractivity contribution in [1.82, 2.24) is 0 Å². The Kier molecular flexibility index (Phi) is 8.67. The lowest BCUT2D eigenvalue weighted by Crippen LogP contribution is -2.42. The summed E-state index contributed by atoms with van der Waals surface area (Å²) in [7, 11) is 0. The molecule has 0 saturated heterocycles. The van der Waals surface area contributed by atoms with E-state index in [0.717, 1.165) is 64.4 Å². The molecule has 2 aliphatic carbocycles. The van der Waals surface area contributed by atoms with Crippen molar-refractivity contribution >= 4 is 0 Å². The van der Waals surface area contributed by atoms with Gasteiger partial charge in [-0.15, -0.1) is 0 Å². The predicted molar refractivity (Wildman–Crippen MR) is 100 cm³/mol. The molecule has 0 aromatic carbocycles. The van der Waals surface area contributed by atoms with Crippen molar-refractivity contribution in [2.45, 2.75) is 90.4 Å². The molecule has 25 heavy (non-hydrogen) atoms. The zero-order chi connectivity index (χ0) is 18.3. The molecule has 2 N–H and O–H groups in total. The molecule has 4 heteroatoms. The first-order valence-corrected chi connectivity index (χ1v) is 10.5. The summed E-state index contributed by atoms with van der Waals surface area (Å²) in [5.41, 5.74) is -0.131. The molecule has 0 aliphatic heterocycles. The van der Waals surface area contributed by atoms with Crippen LogP contribution in [0.25, 0.3) is 0 Å². The second-order valence-corrected chi connectivity index (χ2v) is 8.65. The first kappa shape index (κ1) is 21.1. The van der Waals surface area contributed by atoms with Gasteiger partial charge in [0.05, 0.1) is 12.2 Å². The van der Waals surface area contributed by atoms with Crippen LogP contribution in [0.15, 0.2) is 0 Å². The number of rotatable bonds is 9. The fourth-order valence-electron chi connectivity index (χ4n) is 4.69. The van der Waals surface area contributed by atoms with E-state index in [9.17, 15) is 10.2 Å². The summed E-state index contributed by atoms with van der Waals surface area (Å²) < 4.78 is 12.5. The second-order valence-electron chi connectivity index (χ2n) is 8.65. The van der Waals surface area contributed by atoms with E-state index in [0.29, 0.717) is 36.9 Å². The molecule has 2 aliphatic rings. The minimum Gasteiger partial charge on any atom is -0.396 e. The standard InChI is InChI=1S/C21H40O4/c1-4-21(3,20-11-9-18(14-23)10-12-20)25-16(2)24-15-19-7-5-17(13-22)6-8-19/h16-20,22-23H,4-15H2,1-3H3. The molecule has 0 heterocycles. The van der Waals surface area contributed by atoms with E-state index in [1.165, 1.54) is 0 Å². The summed E-state index contributed by atoms with van der Waals surface area (Å²) in [5, 5.41) is 18.6. The third-order valence-corrected chi connectivity index (χ3v) is 6.90. The summed E-state index contributed by atoms with van der Waals surface area (Å²) in [5.74, 6) is 2.16. The monoisotopic (exact) mass is 356 g/mol. The highest BCUT2D eigenvalue weighted by atomic mass is 16.7. The van der Waals surface area contributed by atoms with Gasteiger partial charge in [-0.2, -0.15) is 0 Å². The molecule has 0 bridgehead atoms. The van der Waals surface area contributed by atoms with Gasteiger partial charge in [0.2, 0.25) is 0 Å². The second kappa shape index (κ2) is 10.2. The molecule has 0 aromatic rings. The molecule has 0 spiro atoms. The number of ether oxygens (including phenoxy) is 2. The maximum atomic E-state index is 9.34. The predicted octanol–water partition coefficient (Wildman–Crippen LogP) is 4.13. The average Bonchev–Trinajstić information content (AvgIpc) is 2.66. The molecular weight excluding hydrogens is 316 g/mol. The summed E-state index contributed by atoms with van der Waals surface area (Å²) >= 11 is 0. The van der Waals surface area contributed by atoms with Crippen molar-refractivity contribution in [1.29, 1.82) is 0 Å². The summed E-state index contributed by atoms with van der Waals surface area (Å²) in [6.45, 7) is 7.92. The van der Waals surface area contributed by atoms with E-state index >= 15 is 0 Å². The fraction of sp³-hybridized carbons (Fsp3) is 1.00. The van der Waals surface area contributed by atoms with Gasteiger partial charge in [0.25, 0.3) is 0 Å². The molecule has 2 rings (SSSR count). The van der Waals surface area contributed by atoms with Crippen molar-refractivity contribution < 1.29 is 19.7 Å². The fourth-order valence-corrected chi connectivity index (χ4v) is 4.69. The highest BCUT2D eigenvalue weighted by Gasteiger charge is 2.37. The van der Waals surface area contributed by atoms with Gasteiger partial charge in [-0.05, 0) is 95.3 Å². The van der Waals surface area contributed by atoms with E-state index < -0.39 is 0 Å². The van der Waals surface area contributed by atoms with E-state index in [2.05, 4.69) is 13.8 Å². The molecule has 2 atom stereocenters. The minimum atomic E-state index is -0.170. The lowest BCUT2D eigenvalue weighted by atomic mass is 9.73. The van der Waals surface area contributed by atoms with Crippen LogP contribution >= 0.6 is 0 Å². The van der Waals surface area contributed by atoms with Gasteiger partial charge in [-0.1, -0.05) is 6.92 Å². The van der Waals surface area contributed by atoms with E-state index in [4.69, 9.17) is 9.47 Å². The largest absolute Gasteiger partial charge is 0.396 e. The quantitative estimate of drug-likeness (QED) is 0.610. The minimum absolute atomic E-state index is 0.131. The third-order valence-electron chi connectivity index (χ3n) is 6.90. The number of hydrogen-bond donors (Lipinski definition) is 2. The topological polar surface area (TPSA) is 58.9 Å². The third kappa shape index (κ3) is 6.20. The van der Waals surface area contributed by atoms with E-state index in [1.54, 1.807) is 0 Å². The van der Waals surface area contributed by atoms with E-state index in [-0.39, 0.29) is 11.9 Å². The van der Waals surface area contributed by atoms with Crippen LogP contribution < -0.4 is 0 Å². The van der Waals surface area contributed by atoms with Crippen molar-refractivity contribution in [3.63, 3.8) is 0 Å². The normalized spacial score (nSPS) is 34.4. The first-order valence-electron chi connectivity index (χ1n) is 10.5. The van der Waals surface area contributed by atoms with Gasteiger partial charge in [-0.25, -0.2) is 0 Å². The van der Waals surface area contributed by atoms with Gasteiger partial charge >= 0.3 is 0 Å². The highest BCUT2D eigenvalue weighted by Crippen LogP contribution is 2.40. The van der Waals surface area contributed by atoms with Gasteiger partial charge in [0, 0.05) is 13.2 Å². The van der Waals surface area contributed by atoms with Crippen LogP contribution in [0.2, 0.25) is 0 Å². The Morgan fingerprint density at radius 3 is 1.84 bits per heavy atom. The Bertz CT molecular complexity index is 359. The molecule has 0 aromatic heterocycles. The number of hydrogen-bond acceptors (Lipinski definition) is 4. The zero-order valence-electron chi connectivity index (χ0n) is 16.6. The molecule has 4 nitrogen and oxygen atoms in total. The smallest absolute Gasteiger partial charge is 0.155 e. The van der Waals surface area contributed by atoms with Gasteiger partial charge in [-0.3, -0.25) is 0 Å². The molecule has 148 valence electrons. The molecule has 2 unspecified atom stereocenters. The Hall–Kier alpha value is -0.160. The van der Waals surface area contributed by atoms with E-state index in [1.807, 2.05) is 6.92 Å². The van der Waals surface area contributed by atoms with Crippen LogP contribution in [0, 0.1) is 23.7 Å². The van der Waals surface area contributed by atoms with Crippen LogP contribution in [0.5, 0.6) is 0 Å². The number of aliphatic hydroxyl groups excluding tert-OH is 2. The van der Waals surface area contributed by atoms with Crippen molar-refractivity contribution in [2.24, 2.45) is 23.7 Å². The van der Waals surface area contributed by atoms with Gasteiger partial charge in [0.15, 0.2) is 6.29 Å². The Labute approximate surface area is 154 Å². The summed E-state index contributed by atoms with van der Waals surface area (Å²) in [4.78, 5) is 0. The van der Waals surface area contributed by atoms with Crippen molar-refractivity contribution in [3.8, 4) is 0 Å². The Balaban J connectivity index is 1.74. The average molecular weight is 357 g/mol. The molecular formula is C21H40O4. The SMILES string of the molecule is CCC(C)(OC(C)OCC1CCC(CO)CC1)C1CCC(CO)CC1.